The van der Waals surface area contributed by atoms with Crippen LogP contribution < -0.4 is 5.32 Å². The standard InChI is InChI=1S/C12H18N2O2/c1-3-5-10(15)8-13-12(16)11-7-4-6-9(2)14-11/h4,6-7,10,15H,3,5,8H2,1-2H3,(H,13,16). The molecule has 1 heterocycles. The molecule has 1 rings (SSSR count). The van der Waals surface area contributed by atoms with E-state index in [2.05, 4.69) is 10.3 Å². The van der Waals surface area contributed by atoms with Gasteiger partial charge in [0.25, 0.3) is 5.91 Å². The first-order valence-electron chi connectivity index (χ1n) is 5.53. The van der Waals surface area contributed by atoms with Crippen molar-refractivity contribution in [2.24, 2.45) is 0 Å². The Kier molecular flexibility index (Phi) is 4.92. The average molecular weight is 222 g/mol. The fourth-order valence-electron chi connectivity index (χ4n) is 1.41. The van der Waals surface area contributed by atoms with Crippen LogP contribution in [-0.2, 0) is 0 Å². The number of hydrogen-bond donors (Lipinski definition) is 2. The number of aryl methyl sites for hydroxylation is 1. The Labute approximate surface area is 95.7 Å². The van der Waals surface area contributed by atoms with Gasteiger partial charge in [0.1, 0.15) is 5.69 Å². The first kappa shape index (κ1) is 12.6. The Morgan fingerprint density at radius 2 is 2.31 bits per heavy atom. The van der Waals surface area contributed by atoms with Crippen molar-refractivity contribution in [2.45, 2.75) is 32.8 Å². The molecule has 16 heavy (non-hydrogen) atoms. The fraction of sp³-hybridized carbons (Fsp3) is 0.500. The summed E-state index contributed by atoms with van der Waals surface area (Å²) in [5, 5.41) is 12.1. The summed E-state index contributed by atoms with van der Waals surface area (Å²) in [4.78, 5) is 15.7. The van der Waals surface area contributed by atoms with E-state index < -0.39 is 6.10 Å². The van der Waals surface area contributed by atoms with Crippen LogP contribution in [0.4, 0.5) is 0 Å². The third-order valence-electron chi connectivity index (χ3n) is 2.24. The van der Waals surface area contributed by atoms with E-state index in [0.717, 1.165) is 12.1 Å². The van der Waals surface area contributed by atoms with E-state index in [-0.39, 0.29) is 12.5 Å². The Balaban J connectivity index is 2.47. The molecule has 0 aliphatic carbocycles. The van der Waals surface area contributed by atoms with Crippen LogP contribution >= 0.6 is 0 Å². The van der Waals surface area contributed by atoms with Gasteiger partial charge in [0, 0.05) is 12.2 Å². The molecule has 1 unspecified atom stereocenters. The number of amides is 1. The quantitative estimate of drug-likeness (QED) is 0.789. The monoisotopic (exact) mass is 222 g/mol. The first-order chi connectivity index (χ1) is 7.63. The highest BCUT2D eigenvalue weighted by atomic mass is 16.3. The minimum atomic E-state index is -0.473. The third kappa shape index (κ3) is 3.98. The Bertz CT molecular complexity index is 353. The van der Waals surface area contributed by atoms with Gasteiger partial charge in [-0.05, 0) is 25.5 Å². The number of aliphatic hydroxyl groups excluding tert-OH is 1. The van der Waals surface area contributed by atoms with Gasteiger partial charge in [-0.2, -0.15) is 0 Å². The summed E-state index contributed by atoms with van der Waals surface area (Å²) < 4.78 is 0. The molecule has 88 valence electrons. The van der Waals surface area contributed by atoms with Crippen molar-refractivity contribution in [3.63, 3.8) is 0 Å². The molecule has 4 nitrogen and oxygen atoms in total. The molecule has 0 bridgehead atoms. The number of hydrogen-bond acceptors (Lipinski definition) is 3. The van der Waals surface area contributed by atoms with Gasteiger partial charge in [0.2, 0.25) is 0 Å². The molecular weight excluding hydrogens is 204 g/mol. The molecule has 0 aromatic carbocycles. The van der Waals surface area contributed by atoms with Crippen LogP contribution in [0.25, 0.3) is 0 Å². The van der Waals surface area contributed by atoms with E-state index in [4.69, 9.17) is 0 Å². The molecule has 0 aliphatic rings. The lowest BCUT2D eigenvalue weighted by atomic mass is 10.2. The molecule has 2 N–H and O–H groups in total. The zero-order chi connectivity index (χ0) is 12.0. The van der Waals surface area contributed by atoms with Crippen LogP contribution in [0.5, 0.6) is 0 Å². The van der Waals surface area contributed by atoms with Crippen molar-refractivity contribution in [3.8, 4) is 0 Å². The molecule has 4 heteroatoms. The second-order valence-electron chi connectivity index (χ2n) is 3.82. The van der Waals surface area contributed by atoms with Crippen LogP contribution in [0.15, 0.2) is 18.2 Å². The molecule has 0 saturated carbocycles. The van der Waals surface area contributed by atoms with Crippen molar-refractivity contribution in [1.29, 1.82) is 0 Å². The van der Waals surface area contributed by atoms with Gasteiger partial charge in [0.15, 0.2) is 0 Å². The second-order valence-corrected chi connectivity index (χ2v) is 3.82. The molecule has 1 aromatic rings. The van der Waals surface area contributed by atoms with Crippen LogP contribution in [0.2, 0.25) is 0 Å². The van der Waals surface area contributed by atoms with Gasteiger partial charge in [0.05, 0.1) is 6.10 Å². The van der Waals surface area contributed by atoms with Gasteiger partial charge < -0.3 is 10.4 Å². The smallest absolute Gasteiger partial charge is 0.269 e. The van der Waals surface area contributed by atoms with E-state index in [9.17, 15) is 9.90 Å². The van der Waals surface area contributed by atoms with Crippen LogP contribution in [-0.4, -0.2) is 28.6 Å². The molecular formula is C12H18N2O2. The summed E-state index contributed by atoms with van der Waals surface area (Å²) in [6.07, 6.45) is 1.13. The van der Waals surface area contributed by atoms with Crippen molar-refractivity contribution in [3.05, 3.63) is 29.6 Å². The van der Waals surface area contributed by atoms with Crippen molar-refractivity contribution in [1.82, 2.24) is 10.3 Å². The van der Waals surface area contributed by atoms with Crippen molar-refractivity contribution >= 4 is 5.91 Å². The minimum absolute atomic E-state index is 0.237. The number of rotatable bonds is 5. The van der Waals surface area contributed by atoms with Gasteiger partial charge in [-0.25, -0.2) is 4.98 Å². The minimum Gasteiger partial charge on any atom is -0.391 e. The van der Waals surface area contributed by atoms with Crippen molar-refractivity contribution < 1.29 is 9.90 Å². The Hall–Kier alpha value is -1.42. The normalized spacial score (nSPS) is 12.2. The SMILES string of the molecule is CCCC(O)CNC(=O)c1cccc(C)n1. The topological polar surface area (TPSA) is 62.2 Å². The summed E-state index contributed by atoms with van der Waals surface area (Å²) in [5.41, 5.74) is 1.20. The Morgan fingerprint density at radius 3 is 2.94 bits per heavy atom. The predicted molar refractivity (Wildman–Crippen MR) is 62.2 cm³/mol. The van der Waals surface area contributed by atoms with Gasteiger partial charge in [-0.15, -0.1) is 0 Å². The molecule has 0 fully saturated rings. The van der Waals surface area contributed by atoms with Gasteiger partial charge >= 0.3 is 0 Å². The molecule has 0 spiro atoms. The maximum Gasteiger partial charge on any atom is 0.269 e. The van der Waals surface area contributed by atoms with Crippen molar-refractivity contribution in [2.75, 3.05) is 6.54 Å². The number of aliphatic hydroxyl groups is 1. The lowest BCUT2D eigenvalue weighted by Crippen LogP contribution is -2.32. The van der Waals surface area contributed by atoms with E-state index in [1.54, 1.807) is 12.1 Å². The predicted octanol–water partition coefficient (Wildman–Crippen LogP) is 1.28. The summed E-state index contributed by atoms with van der Waals surface area (Å²) in [7, 11) is 0. The summed E-state index contributed by atoms with van der Waals surface area (Å²) in [6.45, 7) is 4.11. The zero-order valence-electron chi connectivity index (χ0n) is 9.73. The largest absolute Gasteiger partial charge is 0.391 e. The number of carbonyl (C=O) groups excluding carboxylic acids is 1. The lowest BCUT2D eigenvalue weighted by Gasteiger charge is -2.10. The number of aromatic nitrogens is 1. The fourth-order valence-corrected chi connectivity index (χ4v) is 1.41. The number of pyridine rings is 1. The van der Waals surface area contributed by atoms with Crippen LogP contribution in [0.1, 0.15) is 35.9 Å². The first-order valence-corrected chi connectivity index (χ1v) is 5.53. The molecule has 1 amide bonds. The lowest BCUT2D eigenvalue weighted by molar-refractivity contribution is 0.0905. The van der Waals surface area contributed by atoms with E-state index in [1.165, 1.54) is 0 Å². The number of nitrogens with one attached hydrogen (secondary N) is 1. The summed E-state index contributed by atoms with van der Waals surface area (Å²) in [5.74, 6) is -0.237. The third-order valence-corrected chi connectivity index (χ3v) is 2.24. The van der Waals surface area contributed by atoms with Gasteiger partial charge in [-0.3, -0.25) is 4.79 Å². The molecule has 0 aliphatic heterocycles. The van der Waals surface area contributed by atoms with E-state index in [1.807, 2.05) is 19.9 Å². The maximum absolute atomic E-state index is 11.6. The highest BCUT2D eigenvalue weighted by Crippen LogP contribution is 1.99. The summed E-state index contributed by atoms with van der Waals surface area (Å²) in [6, 6.07) is 5.29. The van der Waals surface area contributed by atoms with E-state index in [0.29, 0.717) is 12.1 Å². The molecule has 0 saturated heterocycles. The van der Waals surface area contributed by atoms with Crippen LogP contribution in [0, 0.1) is 6.92 Å². The van der Waals surface area contributed by atoms with Crippen LogP contribution in [0.3, 0.4) is 0 Å². The maximum atomic E-state index is 11.6. The highest BCUT2D eigenvalue weighted by molar-refractivity contribution is 5.92. The summed E-state index contributed by atoms with van der Waals surface area (Å²) >= 11 is 0. The molecule has 0 radical (unpaired) electrons. The van der Waals surface area contributed by atoms with E-state index >= 15 is 0 Å². The number of nitrogens with zero attached hydrogens (tertiary/aromatic N) is 1. The Morgan fingerprint density at radius 1 is 1.56 bits per heavy atom. The van der Waals surface area contributed by atoms with Gasteiger partial charge in [-0.1, -0.05) is 19.4 Å². The molecule has 1 aromatic heterocycles. The average Bonchev–Trinajstić information content (AvgIpc) is 2.26. The molecule has 1 atom stereocenters. The zero-order valence-corrected chi connectivity index (χ0v) is 9.73. The highest BCUT2D eigenvalue weighted by Gasteiger charge is 2.09. The second kappa shape index (κ2) is 6.23. The number of carbonyl (C=O) groups is 1.